The summed E-state index contributed by atoms with van der Waals surface area (Å²) >= 11 is 0. The van der Waals surface area contributed by atoms with Crippen LogP contribution in [0, 0.1) is 6.92 Å². The maximum atomic E-state index is 12.1. The van der Waals surface area contributed by atoms with Gasteiger partial charge in [-0.1, -0.05) is 0 Å². The van der Waals surface area contributed by atoms with E-state index < -0.39 is 0 Å². The molecule has 1 atom stereocenters. The Kier molecular flexibility index (Phi) is 3.40. The van der Waals surface area contributed by atoms with Crippen molar-refractivity contribution in [2.45, 2.75) is 25.9 Å². The zero-order valence-electron chi connectivity index (χ0n) is 11.7. The monoisotopic (exact) mass is 274 g/mol. The lowest BCUT2D eigenvalue weighted by Gasteiger charge is -2.10. The van der Waals surface area contributed by atoms with Crippen LogP contribution in [0.2, 0.25) is 0 Å². The van der Waals surface area contributed by atoms with E-state index in [1.165, 1.54) is 0 Å². The molecule has 2 aromatic rings. The molecule has 1 saturated heterocycles. The molecular weight excluding hydrogens is 256 g/mol. The number of rotatable bonds is 3. The zero-order valence-corrected chi connectivity index (χ0v) is 11.7. The second kappa shape index (κ2) is 5.20. The van der Waals surface area contributed by atoms with Crippen molar-refractivity contribution in [2.24, 2.45) is 7.05 Å². The van der Waals surface area contributed by atoms with E-state index in [1.54, 1.807) is 10.9 Å². The minimum absolute atomic E-state index is 0.113. The Hall–Kier alpha value is -1.95. The third-order valence-corrected chi connectivity index (χ3v) is 3.64. The third kappa shape index (κ3) is 2.38. The lowest BCUT2D eigenvalue weighted by molar-refractivity contribution is 0.0857. The molecule has 3 rings (SSSR count). The molecule has 106 valence electrons. The van der Waals surface area contributed by atoms with Crippen LogP contribution in [0.4, 0.5) is 0 Å². The normalized spacial score (nSPS) is 18.6. The number of pyridine rings is 1. The molecular formula is C14H18N4O2. The maximum absolute atomic E-state index is 12.1. The van der Waals surface area contributed by atoms with E-state index >= 15 is 0 Å². The van der Waals surface area contributed by atoms with Crippen molar-refractivity contribution in [1.82, 2.24) is 20.1 Å². The van der Waals surface area contributed by atoms with Crippen LogP contribution < -0.4 is 5.32 Å². The molecule has 0 radical (unpaired) electrons. The quantitative estimate of drug-likeness (QED) is 0.912. The van der Waals surface area contributed by atoms with Crippen LogP contribution >= 0.6 is 0 Å². The summed E-state index contributed by atoms with van der Waals surface area (Å²) in [5.74, 6) is -0.113. The minimum Gasteiger partial charge on any atom is -0.376 e. The summed E-state index contributed by atoms with van der Waals surface area (Å²) in [7, 11) is 1.85. The standard InChI is InChI=1S/C14H18N4O2/c1-9-12-6-10(7-15-13(12)18(2)17-9)14(19)16-8-11-4-3-5-20-11/h6-7,11H,3-5,8H2,1-2H3,(H,16,19). The highest BCUT2D eigenvalue weighted by Crippen LogP contribution is 2.16. The van der Waals surface area contributed by atoms with Crippen LogP contribution in [-0.2, 0) is 11.8 Å². The second-order valence-corrected chi connectivity index (χ2v) is 5.15. The molecule has 0 saturated carbocycles. The Labute approximate surface area is 117 Å². The molecule has 1 aliphatic rings. The topological polar surface area (TPSA) is 69.0 Å². The molecule has 1 amide bonds. The Balaban J connectivity index is 1.75. The lowest BCUT2D eigenvalue weighted by atomic mass is 10.2. The van der Waals surface area contributed by atoms with Gasteiger partial charge in [-0.25, -0.2) is 4.98 Å². The van der Waals surface area contributed by atoms with E-state index in [9.17, 15) is 4.79 Å². The smallest absolute Gasteiger partial charge is 0.252 e. The first-order valence-electron chi connectivity index (χ1n) is 6.84. The first-order chi connectivity index (χ1) is 9.65. The number of ether oxygens (including phenoxy) is 1. The number of amides is 1. The Morgan fingerprint density at radius 2 is 2.45 bits per heavy atom. The predicted molar refractivity (Wildman–Crippen MR) is 74.6 cm³/mol. The number of nitrogens with one attached hydrogen (secondary N) is 1. The third-order valence-electron chi connectivity index (χ3n) is 3.64. The average molecular weight is 274 g/mol. The summed E-state index contributed by atoms with van der Waals surface area (Å²) < 4.78 is 7.21. The number of carbonyl (C=O) groups is 1. The van der Waals surface area contributed by atoms with Crippen molar-refractivity contribution in [3.8, 4) is 0 Å². The van der Waals surface area contributed by atoms with Crippen molar-refractivity contribution in [1.29, 1.82) is 0 Å². The fourth-order valence-electron chi connectivity index (χ4n) is 2.55. The van der Waals surface area contributed by atoms with Crippen LogP contribution in [0.25, 0.3) is 11.0 Å². The number of fused-ring (bicyclic) bond motifs is 1. The van der Waals surface area contributed by atoms with Gasteiger partial charge in [-0.3, -0.25) is 9.48 Å². The summed E-state index contributed by atoms with van der Waals surface area (Å²) in [5, 5.41) is 8.12. The molecule has 0 bridgehead atoms. The summed E-state index contributed by atoms with van der Waals surface area (Å²) in [5.41, 5.74) is 2.23. The predicted octanol–water partition coefficient (Wildman–Crippen LogP) is 1.19. The fourth-order valence-corrected chi connectivity index (χ4v) is 2.55. The summed E-state index contributed by atoms with van der Waals surface area (Å²) in [6, 6.07) is 1.84. The largest absolute Gasteiger partial charge is 0.376 e. The molecule has 1 aliphatic heterocycles. The van der Waals surface area contributed by atoms with E-state index in [2.05, 4.69) is 15.4 Å². The highest BCUT2D eigenvalue weighted by atomic mass is 16.5. The molecule has 6 heteroatoms. The summed E-state index contributed by atoms with van der Waals surface area (Å²) in [6.07, 6.45) is 3.83. The van der Waals surface area contributed by atoms with E-state index in [-0.39, 0.29) is 12.0 Å². The van der Waals surface area contributed by atoms with Crippen LogP contribution in [-0.4, -0.2) is 39.9 Å². The van der Waals surface area contributed by atoms with Crippen molar-refractivity contribution in [2.75, 3.05) is 13.2 Å². The number of aryl methyl sites for hydroxylation is 2. The van der Waals surface area contributed by atoms with Gasteiger partial charge in [-0.2, -0.15) is 5.10 Å². The van der Waals surface area contributed by atoms with E-state index in [1.807, 2.05) is 20.0 Å². The van der Waals surface area contributed by atoms with Gasteiger partial charge in [0.15, 0.2) is 5.65 Å². The molecule has 0 spiro atoms. The van der Waals surface area contributed by atoms with Crippen molar-refractivity contribution in [3.05, 3.63) is 23.5 Å². The molecule has 0 aliphatic carbocycles. The Bertz CT molecular complexity index is 644. The van der Waals surface area contributed by atoms with Crippen LogP contribution in [0.1, 0.15) is 28.9 Å². The summed E-state index contributed by atoms with van der Waals surface area (Å²) in [4.78, 5) is 16.4. The summed E-state index contributed by atoms with van der Waals surface area (Å²) in [6.45, 7) is 3.27. The number of hydrogen-bond acceptors (Lipinski definition) is 4. The minimum atomic E-state index is -0.113. The van der Waals surface area contributed by atoms with Crippen molar-refractivity contribution in [3.63, 3.8) is 0 Å². The second-order valence-electron chi connectivity index (χ2n) is 5.15. The van der Waals surface area contributed by atoms with Gasteiger partial charge in [0.2, 0.25) is 0 Å². The Morgan fingerprint density at radius 1 is 1.60 bits per heavy atom. The molecule has 20 heavy (non-hydrogen) atoms. The number of hydrogen-bond donors (Lipinski definition) is 1. The van der Waals surface area contributed by atoms with Gasteiger partial charge in [-0.15, -0.1) is 0 Å². The highest BCUT2D eigenvalue weighted by Gasteiger charge is 2.17. The SMILES string of the molecule is Cc1nn(C)c2ncc(C(=O)NCC3CCCO3)cc12. The molecule has 1 N–H and O–H groups in total. The van der Waals surface area contributed by atoms with Crippen LogP contribution in [0.5, 0.6) is 0 Å². The van der Waals surface area contributed by atoms with E-state index in [4.69, 9.17) is 4.74 Å². The van der Waals surface area contributed by atoms with E-state index in [0.717, 1.165) is 36.2 Å². The molecule has 6 nitrogen and oxygen atoms in total. The first kappa shape index (κ1) is 13.1. The zero-order chi connectivity index (χ0) is 14.1. The van der Waals surface area contributed by atoms with Gasteiger partial charge in [0.05, 0.1) is 17.4 Å². The lowest BCUT2D eigenvalue weighted by Crippen LogP contribution is -2.31. The van der Waals surface area contributed by atoms with Crippen molar-refractivity contribution < 1.29 is 9.53 Å². The maximum Gasteiger partial charge on any atom is 0.252 e. The first-order valence-corrected chi connectivity index (χ1v) is 6.84. The number of nitrogens with zero attached hydrogens (tertiary/aromatic N) is 3. The number of aromatic nitrogens is 3. The molecule has 0 aromatic carbocycles. The molecule has 2 aromatic heterocycles. The van der Waals surface area contributed by atoms with Crippen molar-refractivity contribution >= 4 is 16.9 Å². The number of carbonyl (C=O) groups excluding carboxylic acids is 1. The van der Waals surface area contributed by atoms with Crippen LogP contribution in [0.3, 0.4) is 0 Å². The van der Waals surface area contributed by atoms with Gasteiger partial charge in [0.25, 0.3) is 5.91 Å². The average Bonchev–Trinajstić information content (AvgIpc) is 3.05. The highest BCUT2D eigenvalue weighted by molar-refractivity contribution is 5.97. The molecule has 1 unspecified atom stereocenters. The fraction of sp³-hybridized carbons (Fsp3) is 0.500. The van der Waals surface area contributed by atoms with Gasteiger partial charge in [0.1, 0.15) is 0 Å². The molecule has 3 heterocycles. The van der Waals surface area contributed by atoms with Gasteiger partial charge in [0, 0.05) is 31.8 Å². The van der Waals surface area contributed by atoms with Gasteiger partial charge >= 0.3 is 0 Å². The van der Waals surface area contributed by atoms with Crippen LogP contribution in [0.15, 0.2) is 12.3 Å². The van der Waals surface area contributed by atoms with E-state index in [0.29, 0.717) is 12.1 Å². The molecule has 1 fully saturated rings. The Morgan fingerprint density at radius 3 is 3.20 bits per heavy atom. The van der Waals surface area contributed by atoms with Gasteiger partial charge in [-0.05, 0) is 25.8 Å². The van der Waals surface area contributed by atoms with Gasteiger partial charge < -0.3 is 10.1 Å².